The van der Waals surface area contributed by atoms with Crippen LogP contribution >= 0.6 is 15.9 Å². The second kappa shape index (κ2) is 8.58. The number of benzene rings is 1. The van der Waals surface area contributed by atoms with Crippen molar-refractivity contribution in [2.75, 3.05) is 26.2 Å². The number of esters is 1. The molecule has 0 aromatic heterocycles. The van der Waals surface area contributed by atoms with Crippen molar-refractivity contribution in [2.45, 2.75) is 6.42 Å². The SMILES string of the molecule is COC(=O)C=Cc1ccc(OCCCBr)c(OC)c1. The Hall–Kier alpha value is -1.49. The average molecular weight is 329 g/mol. The van der Waals surface area contributed by atoms with Crippen molar-refractivity contribution in [1.82, 2.24) is 0 Å². The van der Waals surface area contributed by atoms with Crippen LogP contribution in [-0.4, -0.2) is 32.1 Å². The lowest BCUT2D eigenvalue weighted by Crippen LogP contribution is -2.00. The summed E-state index contributed by atoms with van der Waals surface area (Å²) in [4.78, 5) is 11.0. The predicted octanol–water partition coefficient (Wildman–Crippen LogP) is 3.05. The summed E-state index contributed by atoms with van der Waals surface area (Å²) in [5, 5.41) is 0.898. The molecule has 0 heterocycles. The van der Waals surface area contributed by atoms with Gasteiger partial charge in [-0.1, -0.05) is 22.0 Å². The highest BCUT2D eigenvalue weighted by Crippen LogP contribution is 2.28. The third-order valence-corrected chi connectivity index (χ3v) is 2.90. The standard InChI is InChI=1S/C14H17BrO4/c1-17-13-10-11(5-7-14(16)18-2)4-6-12(13)19-9-3-8-15/h4-7,10H,3,8-9H2,1-2H3. The monoisotopic (exact) mass is 328 g/mol. The minimum atomic E-state index is -0.392. The first-order chi connectivity index (χ1) is 9.21. The summed E-state index contributed by atoms with van der Waals surface area (Å²) in [5.74, 6) is 0.942. The quantitative estimate of drug-likeness (QED) is 0.334. The van der Waals surface area contributed by atoms with Gasteiger partial charge in [-0.05, 0) is 30.2 Å². The molecule has 1 aromatic rings. The molecule has 104 valence electrons. The molecule has 0 atom stereocenters. The molecule has 0 saturated heterocycles. The number of carbonyl (C=O) groups excluding carboxylic acids is 1. The van der Waals surface area contributed by atoms with Crippen molar-refractivity contribution in [3.8, 4) is 11.5 Å². The van der Waals surface area contributed by atoms with E-state index in [0.29, 0.717) is 18.1 Å². The topological polar surface area (TPSA) is 44.8 Å². The number of ether oxygens (including phenoxy) is 3. The van der Waals surface area contributed by atoms with Crippen molar-refractivity contribution in [3.05, 3.63) is 29.8 Å². The molecule has 1 aromatic carbocycles. The lowest BCUT2D eigenvalue weighted by atomic mass is 10.2. The summed E-state index contributed by atoms with van der Waals surface area (Å²) in [5.41, 5.74) is 0.843. The Bertz CT molecular complexity index is 443. The number of alkyl halides is 1. The molecule has 0 unspecified atom stereocenters. The molecule has 0 radical (unpaired) electrons. The molecule has 0 aliphatic carbocycles. The lowest BCUT2D eigenvalue weighted by Gasteiger charge is -2.10. The van der Waals surface area contributed by atoms with Crippen LogP contribution in [0, 0.1) is 0 Å². The maximum absolute atomic E-state index is 11.0. The fourth-order valence-corrected chi connectivity index (χ4v) is 1.60. The minimum absolute atomic E-state index is 0.392. The summed E-state index contributed by atoms with van der Waals surface area (Å²) in [6, 6.07) is 5.48. The Balaban J connectivity index is 2.77. The van der Waals surface area contributed by atoms with Gasteiger partial charge in [0.2, 0.25) is 0 Å². The molecule has 1 rings (SSSR count). The van der Waals surface area contributed by atoms with Crippen LogP contribution in [0.4, 0.5) is 0 Å². The van der Waals surface area contributed by atoms with Gasteiger partial charge in [-0.2, -0.15) is 0 Å². The second-order valence-corrected chi connectivity index (χ2v) is 4.45. The van der Waals surface area contributed by atoms with Gasteiger partial charge in [0.25, 0.3) is 0 Å². The fraction of sp³-hybridized carbons (Fsp3) is 0.357. The molecule has 4 nitrogen and oxygen atoms in total. The van der Waals surface area contributed by atoms with Gasteiger partial charge >= 0.3 is 5.97 Å². The first-order valence-electron chi connectivity index (χ1n) is 5.84. The van der Waals surface area contributed by atoms with Gasteiger partial charge in [0.05, 0.1) is 20.8 Å². The molecule has 0 bridgehead atoms. The van der Waals surface area contributed by atoms with Gasteiger partial charge < -0.3 is 14.2 Å². The van der Waals surface area contributed by atoms with Crippen molar-refractivity contribution in [1.29, 1.82) is 0 Å². The first-order valence-corrected chi connectivity index (χ1v) is 6.96. The van der Waals surface area contributed by atoms with Crippen molar-refractivity contribution in [2.24, 2.45) is 0 Å². The highest BCUT2D eigenvalue weighted by molar-refractivity contribution is 9.09. The van der Waals surface area contributed by atoms with Gasteiger partial charge in [0.15, 0.2) is 11.5 Å². The normalized spacial score (nSPS) is 10.5. The van der Waals surface area contributed by atoms with Crippen molar-refractivity contribution < 1.29 is 19.0 Å². The Morgan fingerprint density at radius 1 is 1.32 bits per heavy atom. The number of hydrogen-bond acceptors (Lipinski definition) is 4. The van der Waals surface area contributed by atoms with Crippen LogP contribution in [0.5, 0.6) is 11.5 Å². The van der Waals surface area contributed by atoms with Crippen molar-refractivity contribution in [3.63, 3.8) is 0 Å². The van der Waals surface area contributed by atoms with Crippen LogP contribution in [0.15, 0.2) is 24.3 Å². The Morgan fingerprint density at radius 2 is 2.11 bits per heavy atom. The highest BCUT2D eigenvalue weighted by Gasteiger charge is 2.04. The van der Waals surface area contributed by atoms with E-state index < -0.39 is 5.97 Å². The number of rotatable bonds is 7. The molecular formula is C14H17BrO4. The third kappa shape index (κ3) is 5.34. The maximum atomic E-state index is 11.0. The molecule has 0 saturated carbocycles. The van der Waals surface area contributed by atoms with Gasteiger partial charge in [-0.15, -0.1) is 0 Å². The smallest absolute Gasteiger partial charge is 0.330 e. The Kier molecular flexibility index (Phi) is 7.03. The molecule has 0 aliphatic rings. The number of methoxy groups -OCH3 is 2. The van der Waals surface area contributed by atoms with Crippen LogP contribution in [-0.2, 0) is 9.53 Å². The molecule has 5 heteroatoms. The maximum Gasteiger partial charge on any atom is 0.330 e. The zero-order chi connectivity index (χ0) is 14.1. The van der Waals surface area contributed by atoms with E-state index in [4.69, 9.17) is 9.47 Å². The number of hydrogen-bond donors (Lipinski definition) is 0. The van der Waals surface area contributed by atoms with E-state index in [2.05, 4.69) is 20.7 Å². The van der Waals surface area contributed by atoms with E-state index in [1.807, 2.05) is 18.2 Å². The molecule has 0 amide bonds. The van der Waals surface area contributed by atoms with E-state index in [1.54, 1.807) is 13.2 Å². The van der Waals surface area contributed by atoms with Crippen LogP contribution in [0.3, 0.4) is 0 Å². The molecule has 19 heavy (non-hydrogen) atoms. The average Bonchev–Trinajstić information content (AvgIpc) is 2.45. The number of carbonyl (C=O) groups is 1. The van der Waals surface area contributed by atoms with E-state index in [1.165, 1.54) is 13.2 Å². The first kappa shape index (κ1) is 15.6. The van der Waals surface area contributed by atoms with E-state index in [0.717, 1.165) is 17.3 Å². The van der Waals surface area contributed by atoms with Crippen LogP contribution in [0.25, 0.3) is 6.08 Å². The third-order valence-electron chi connectivity index (χ3n) is 2.34. The molecular weight excluding hydrogens is 312 g/mol. The predicted molar refractivity (Wildman–Crippen MR) is 78.0 cm³/mol. The fourth-order valence-electron chi connectivity index (χ4n) is 1.38. The Morgan fingerprint density at radius 3 is 2.74 bits per heavy atom. The van der Waals surface area contributed by atoms with Crippen LogP contribution in [0.2, 0.25) is 0 Å². The number of halogens is 1. The van der Waals surface area contributed by atoms with Crippen LogP contribution < -0.4 is 9.47 Å². The Labute approximate surface area is 121 Å². The zero-order valence-corrected chi connectivity index (χ0v) is 12.6. The summed E-state index contributed by atoms with van der Waals surface area (Å²) in [7, 11) is 2.93. The molecule has 0 aliphatic heterocycles. The largest absolute Gasteiger partial charge is 0.493 e. The summed E-state index contributed by atoms with van der Waals surface area (Å²) in [6.45, 7) is 0.624. The summed E-state index contributed by atoms with van der Waals surface area (Å²) in [6.07, 6.45) is 3.95. The molecule has 0 N–H and O–H groups in total. The lowest BCUT2D eigenvalue weighted by molar-refractivity contribution is -0.134. The van der Waals surface area contributed by atoms with E-state index in [-0.39, 0.29) is 0 Å². The minimum Gasteiger partial charge on any atom is -0.493 e. The zero-order valence-electron chi connectivity index (χ0n) is 11.0. The highest BCUT2D eigenvalue weighted by atomic mass is 79.9. The van der Waals surface area contributed by atoms with Crippen molar-refractivity contribution >= 4 is 28.0 Å². The van der Waals surface area contributed by atoms with Gasteiger partial charge in [-0.25, -0.2) is 4.79 Å². The molecule has 0 spiro atoms. The van der Waals surface area contributed by atoms with E-state index in [9.17, 15) is 4.79 Å². The van der Waals surface area contributed by atoms with E-state index >= 15 is 0 Å². The summed E-state index contributed by atoms with van der Waals surface area (Å²) < 4.78 is 15.4. The second-order valence-electron chi connectivity index (χ2n) is 3.66. The molecule has 0 fully saturated rings. The van der Waals surface area contributed by atoms with Gasteiger partial charge in [-0.3, -0.25) is 0 Å². The van der Waals surface area contributed by atoms with Gasteiger partial charge in [0.1, 0.15) is 0 Å². The van der Waals surface area contributed by atoms with Gasteiger partial charge in [0, 0.05) is 11.4 Å². The van der Waals surface area contributed by atoms with Crippen LogP contribution in [0.1, 0.15) is 12.0 Å². The summed E-state index contributed by atoms with van der Waals surface area (Å²) >= 11 is 3.35.